The largest absolute Gasteiger partial charge is 0.462 e. The van der Waals surface area contributed by atoms with Crippen molar-refractivity contribution in [3.63, 3.8) is 0 Å². The number of carbonyl (C=O) groups is 2. The summed E-state index contributed by atoms with van der Waals surface area (Å²) in [6.45, 7) is 5.21. The van der Waals surface area contributed by atoms with E-state index in [1.165, 1.54) is 6.92 Å². The van der Waals surface area contributed by atoms with Crippen molar-refractivity contribution in [3.05, 3.63) is 24.3 Å². The lowest BCUT2D eigenvalue weighted by Crippen LogP contribution is -2.15. The second-order valence-electron chi connectivity index (χ2n) is 5.06. The number of carbonyl (C=O) groups excluding carboxylic acids is 2. The van der Waals surface area contributed by atoms with E-state index in [1.807, 2.05) is 18.2 Å². The lowest BCUT2D eigenvalue weighted by atomic mass is 10.1. The average molecular weight is 280 g/mol. The van der Waals surface area contributed by atoms with E-state index in [4.69, 9.17) is 4.74 Å². The zero-order valence-electron chi connectivity index (χ0n) is 13.1. The van der Waals surface area contributed by atoms with Crippen molar-refractivity contribution < 1.29 is 14.3 Å². The summed E-state index contributed by atoms with van der Waals surface area (Å²) in [6.07, 6.45) is 14.4. The Morgan fingerprint density at radius 1 is 1.10 bits per heavy atom. The molecule has 3 nitrogen and oxygen atoms in total. The van der Waals surface area contributed by atoms with Crippen LogP contribution in [0.2, 0.25) is 0 Å². The summed E-state index contributed by atoms with van der Waals surface area (Å²) in [5.74, 6) is 0.0355. The molecule has 0 aromatic heterocycles. The van der Waals surface area contributed by atoms with Crippen LogP contribution in [0.3, 0.4) is 0 Å². The molecule has 0 spiro atoms. The van der Waals surface area contributed by atoms with Crippen LogP contribution < -0.4 is 0 Å². The second kappa shape index (κ2) is 12.6. The SMILES string of the molecule is CCCCC(CC=CC=CCCCC(C)=O)OC(C)=O. The number of esters is 1. The van der Waals surface area contributed by atoms with Crippen molar-refractivity contribution in [2.45, 2.75) is 71.8 Å². The summed E-state index contributed by atoms with van der Waals surface area (Å²) in [7, 11) is 0. The number of ketones is 1. The highest BCUT2D eigenvalue weighted by atomic mass is 16.5. The smallest absolute Gasteiger partial charge is 0.302 e. The Bertz CT molecular complexity index is 329. The third-order valence-electron chi connectivity index (χ3n) is 2.89. The zero-order valence-corrected chi connectivity index (χ0v) is 13.1. The fourth-order valence-corrected chi connectivity index (χ4v) is 1.84. The molecular formula is C17H28O3. The maximum absolute atomic E-state index is 11.0. The normalized spacial score (nSPS) is 12.9. The van der Waals surface area contributed by atoms with E-state index in [1.54, 1.807) is 6.92 Å². The van der Waals surface area contributed by atoms with E-state index >= 15 is 0 Å². The molecule has 0 bridgehead atoms. The van der Waals surface area contributed by atoms with E-state index in [-0.39, 0.29) is 17.9 Å². The minimum absolute atomic E-state index is 0.00480. The van der Waals surface area contributed by atoms with Gasteiger partial charge < -0.3 is 9.53 Å². The van der Waals surface area contributed by atoms with Crippen LogP contribution >= 0.6 is 0 Å². The maximum Gasteiger partial charge on any atom is 0.302 e. The molecule has 0 amide bonds. The number of hydrogen-bond donors (Lipinski definition) is 0. The summed E-state index contributed by atoms with van der Waals surface area (Å²) in [5, 5.41) is 0. The summed E-state index contributed by atoms with van der Waals surface area (Å²) in [4.78, 5) is 21.7. The molecule has 0 saturated heterocycles. The average Bonchev–Trinajstić information content (AvgIpc) is 2.37. The van der Waals surface area contributed by atoms with Gasteiger partial charge in [-0.25, -0.2) is 0 Å². The highest BCUT2D eigenvalue weighted by Crippen LogP contribution is 2.10. The third-order valence-corrected chi connectivity index (χ3v) is 2.89. The quantitative estimate of drug-likeness (QED) is 0.320. The van der Waals surface area contributed by atoms with Crippen molar-refractivity contribution in [1.82, 2.24) is 0 Å². The molecule has 0 fully saturated rings. The number of unbranched alkanes of at least 4 members (excludes halogenated alkanes) is 2. The molecule has 0 aromatic carbocycles. The molecule has 1 atom stereocenters. The first-order valence-corrected chi connectivity index (χ1v) is 7.54. The minimum atomic E-state index is -0.209. The first kappa shape index (κ1) is 18.6. The molecular weight excluding hydrogens is 252 g/mol. The predicted octanol–water partition coefficient (Wildman–Crippen LogP) is 4.37. The van der Waals surface area contributed by atoms with Crippen LogP contribution in [0.5, 0.6) is 0 Å². The molecule has 0 radical (unpaired) electrons. The minimum Gasteiger partial charge on any atom is -0.462 e. The van der Waals surface area contributed by atoms with Crippen LogP contribution in [0.4, 0.5) is 0 Å². The van der Waals surface area contributed by atoms with Gasteiger partial charge in [-0.05, 0) is 26.2 Å². The van der Waals surface area contributed by atoms with E-state index in [0.717, 1.165) is 38.5 Å². The number of hydrogen-bond acceptors (Lipinski definition) is 3. The van der Waals surface area contributed by atoms with Crippen molar-refractivity contribution in [2.75, 3.05) is 0 Å². The van der Waals surface area contributed by atoms with Gasteiger partial charge in [-0.3, -0.25) is 4.79 Å². The van der Waals surface area contributed by atoms with Crippen molar-refractivity contribution in [1.29, 1.82) is 0 Å². The van der Waals surface area contributed by atoms with Gasteiger partial charge in [-0.1, -0.05) is 44.1 Å². The lowest BCUT2D eigenvalue weighted by Gasteiger charge is -2.14. The Kier molecular flexibility index (Phi) is 11.8. The van der Waals surface area contributed by atoms with Crippen LogP contribution in [0.25, 0.3) is 0 Å². The third kappa shape index (κ3) is 13.1. The van der Waals surface area contributed by atoms with Gasteiger partial charge in [0.2, 0.25) is 0 Å². The van der Waals surface area contributed by atoms with Gasteiger partial charge in [0.1, 0.15) is 11.9 Å². The first-order chi connectivity index (χ1) is 9.56. The molecule has 0 aliphatic heterocycles. The topological polar surface area (TPSA) is 43.4 Å². The number of ether oxygens (including phenoxy) is 1. The zero-order chi connectivity index (χ0) is 15.2. The van der Waals surface area contributed by atoms with E-state index in [2.05, 4.69) is 13.0 Å². The fourth-order valence-electron chi connectivity index (χ4n) is 1.84. The highest BCUT2D eigenvalue weighted by Gasteiger charge is 2.08. The van der Waals surface area contributed by atoms with Crippen LogP contribution in [0.15, 0.2) is 24.3 Å². The molecule has 0 aromatic rings. The van der Waals surface area contributed by atoms with Crippen LogP contribution in [0, 0.1) is 0 Å². The van der Waals surface area contributed by atoms with E-state index in [9.17, 15) is 9.59 Å². The Balaban J connectivity index is 3.88. The van der Waals surface area contributed by atoms with Gasteiger partial charge in [-0.15, -0.1) is 0 Å². The highest BCUT2D eigenvalue weighted by molar-refractivity contribution is 5.75. The predicted molar refractivity (Wildman–Crippen MR) is 82.5 cm³/mol. The summed E-state index contributed by atoms with van der Waals surface area (Å²) in [6, 6.07) is 0. The molecule has 0 saturated carbocycles. The molecule has 0 aliphatic carbocycles. The summed E-state index contributed by atoms with van der Waals surface area (Å²) in [5.41, 5.74) is 0. The van der Waals surface area contributed by atoms with Gasteiger partial charge >= 0.3 is 5.97 Å². The molecule has 0 heterocycles. The van der Waals surface area contributed by atoms with E-state index in [0.29, 0.717) is 6.42 Å². The van der Waals surface area contributed by atoms with Gasteiger partial charge in [0, 0.05) is 19.8 Å². The lowest BCUT2D eigenvalue weighted by molar-refractivity contribution is -0.146. The van der Waals surface area contributed by atoms with Gasteiger partial charge in [0.05, 0.1) is 0 Å². The summed E-state index contributed by atoms with van der Waals surface area (Å²) < 4.78 is 5.27. The Morgan fingerprint density at radius 2 is 1.80 bits per heavy atom. The van der Waals surface area contributed by atoms with Gasteiger partial charge in [0.25, 0.3) is 0 Å². The standard InChI is InChI=1S/C17H28O3/c1-4-5-13-17(20-16(3)19)14-11-9-7-6-8-10-12-15(2)18/h6-7,9,11,17H,4-5,8,10,12-14H2,1-3H3. The van der Waals surface area contributed by atoms with Gasteiger partial charge in [-0.2, -0.15) is 0 Å². The molecule has 20 heavy (non-hydrogen) atoms. The second-order valence-corrected chi connectivity index (χ2v) is 5.06. The number of rotatable bonds is 11. The molecule has 114 valence electrons. The molecule has 0 N–H and O–H groups in total. The van der Waals surface area contributed by atoms with E-state index < -0.39 is 0 Å². The van der Waals surface area contributed by atoms with Crippen molar-refractivity contribution >= 4 is 11.8 Å². The molecule has 3 heteroatoms. The summed E-state index contributed by atoms with van der Waals surface area (Å²) >= 11 is 0. The Morgan fingerprint density at radius 3 is 2.40 bits per heavy atom. The first-order valence-electron chi connectivity index (χ1n) is 7.54. The number of Topliss-reactive ketones (excluding diaryl/α,β-unsaturated/α-hetero) is 1. The molecule has 0 rings (SSSR count). The maximum atomic E-state index is 11.0. The van der Waals surface area contributed by atoms with Crippen molar-refractivity contribution in [2.24, 2.45) is 0 Å². The Labute approximate surface area is 123 Å². The fraction of sp³-hybridized carbons (Fsp3) is 0.647. The van der Waals surface area contributed by atoms with Crippen LogP contribution in [-0.2, 0) is 14.3 Å². The van der Waals surface area contributed by atoms with Crippen LogP contribution in [-0.4, -0.2) is 17.9 Å². The molecule has 0 aliphatic rings. The molecule has 1 unspecified atom stereocenters. The Hall–Kier alpha value is -1.38. The van der Waals surface area contributed by atoms with Gasteiger partial charge in [0.15, 0.2) is 0 Å². The monoisotopic (exact) mass is 280 g/mol. The number of allylic oxidation sites excluding steroid dienone is 3. The van der Waals surface area contributed by atoms with Crippen LogP contribution in [0.1, 0.15) is 65.7 Å². The van der Waals surface area contributed by atoms with Crippen molar-refractivity contribution in [3.8, 4) is 0 Å².